The number of pyridine rings is 1. The molecule has 4 rings (SSSR count). The van der Waals surface area contributed by atoms with Crippen LogP contribution in [0.2, 0.25) is 0 Å². The van der Waals surface area contributed by atoms with Crippen molar-refractivity contribution < 1.29 is 4.79 Å². The molecule has 6 heteroatoms. The van der Waals surface area contributed by atoms with E-state index in [4.69, 9.17) is 0 Å². The minimum atomic E-state index is -0.0283. The Balaban J connectivity index is 1.58. The lowest BCUT2D eigenvalue weighted by atomic mass is 9.96. The molecule has 2 amide bonds. The molecule has 1 unspecified atom stereocenters. The summed E-state index contributed by atoms with van der Waals surface area (Å²) in [5.41, 5.74) is 4.35. The molecule has 0 spiro atoms. The lowest BCUT2D eigenvalue weighted by molar-refractivity contribution is 0.128. The van der Waals surface area contributed by atoms with Gasteiger partial charge in [0, 0.05) is 30.7 Å². The Kier molecular flexibility index (Phi) is 6.62. The van der Waals surface area contributed by atoms with Crippen LogP contribution in [0.15, 0.2) is 64.6 Å². The summed E-state index contributed by atoms with van der Waals surface area (Å²) in [6.45, 7) is 2.78. The number of nitrogens with zero attached hydrogens (tertiary/aromatic N) is 4. The molecule has 1 fully saturated rings. The normalized spacial score (nSPS) is 19.7. The molecule has 0 bridgehead atoms. The number of piperidine rings is 1. The van der Waals surface area contributed by atoms with E-state index in [2.05, 4.69) is 50.3 Å². The summed E-state index contributed by atoms with van der Waals surface area (Å²) in [5, 5.41) is 6.20. The highest BCUT2D eigenvalue weighted by atomic mass is 79.9. The van der Waals surface area contributed by atoms with Gasteiger partial charge in [0.2, 0.25) is 0 Å². The van der Waals surface area contributed by atoms with Gasteiger partial charge in [-0.05, 0) is 84.1 Å². The topological polar surface area (TPSA) is 48.8 Å². The van der Waals surface area contributed by atoms with Gasteiger partial charge in [-0.1, -0.05) is 36.4 Å². The van der Waals surface area contributed by atoms with Gasteiger partial charge in [0.15, 0.2) is 0 Å². The smallest absolute Gasteiger partial charge is 0.320 e. The average molecular weight is 467 g/mol. The summed E-state index contributed by atoms with van der Waals surface area (Å²) in [4.78, 5) is 19.9. The number of carbonyl (C=O) groups excluding carboxylic acids is 1. The van der Waals surface area contributed by atoms with Gasteiger partial charge in [-0.15, -0.1) is 0 Å². The molecule has 0 aliphatic carbocycles. The fourth-order valence-electron chi connectivity index (χ4n) is 4.16. The third-order valence-corrected chi connectivity index (χ3v) is 6.26. The molecule has 2 aliphatic heterocycles. The summed E-state index contributed by atoms with van der Waals surface area (Å²) >= 11 is 3.39. The zero-order chi connectivity index (χ0) is 20.9. The second-order valence-corrected chi connectivity index (χ2v) is 8.83. The zero-order valence-corrected chi connectivity index (χ0v) is 18.9. The van der Waals surface area contributed by atoms with Crippen LogP contribution in [0.4, 0.5) is 4.79 Å². The number of hydrazone groups is 1. The molecule has 2 aliphatic rings. The van der Waals surface area contributed by atoms with Crippen LogP contribution in [0.1, 0.15) is 50.2 Å². The van der Waals surface area contributed by atoms with E-state index >= 15 is 0 Å². The minimum Gasteiger partial charge on any atom is -0.320 e. The highest BCUT2D eigenvalue weighted by Gasteiger charge is 2.30. The number of rotatable bonds is 3. The predicted octanol–water partition coefficient (Wildman–Crippen LogP) is 5.87. The molecule has 1 aromatic carbocycles. The molecule has 0 saturated carbocycles. The van der Waals surface area contributed by atoms with Crippen LogP contribution in [0.25, 0.3) is 5.57 Å². The molecule has 1 saturated heterocycles. The van der Waals surface area contributed by atoms with Crippen molar-refractivity contribution in [2.24, 2.45) is 5.10 Å². The largest absolute Gasteiger partial charge is 0.344 e. The number of hydrogen-bond acceptors (Lipinski definition) is 3. The van der Waals surface area contributed by atoms with Gasteiger partial charge < -0.3 is 4.90 Å². The molecule has 156 valence electrons. The predicted molar refractivity (Wildman–Crippen MR) is 124 cm³/mol. The highest BCUT2D eigenvalue weighted by molar-refractivity contribution is 9.10. The number of hydrogen-bond donors (Lipinski definition) is 0. The van der Waals surface area contributed by atoms with E-state index in [1.54, 1.807) is 5.01 Å². The summed E-state index contributed by atoms with van der Waals surface area (Å²) in [6.07, 6.45) is 9.54. The number of carbonyl (C=O) groups is 1. The van der Waals surface area contributed by atoms with Crippen LogP contribution in [-0.2, 0) is 6.42 Å². The number of aromatic nitrogens is 1. The Labute approximate surface area is 186 Å². The quantitative estimate of drug-likeness (QED) is 0.530. The van der Waals surface area contributed by atoms with E-state index in [1.807, 2.05) is 42.4 Å². The Morgan fingerprint density at radius 1 is 1.13 bits per heavy atom. The number of amides is 2. The first-order valence-corrected chi connectivity index (χ1v) is 11.4. The fraction of sp³-hybridized carbons (Fsp3) is 0.375. The molecular formula is C24H27BrN4O. The van der Waals surface area contributed by atoms with Crippen molar-refractivity contribution in [3.05, 3.63) is 70.6 Å². The van der Waals surface area contributed by atoms with E-state index in [-0.39, 0.29) is 12.1 Å². The molecule has 1 atom stereocenters. The maximum absolute atomic E-state index is 13.6. The van der Waals surface area contributed by atoms with Crippen LogP contribution in [-0.4, -0.2) is 39.2 Å². The minimum absolute atomic E-state index is 0.0283. The summed E-state index contributed by atoms with van der Waals surface area (Å²) in [7, 11) is 0. The van der Waals surface area contributed by atoms with E-state index in [0.717, 1.165) is 66.5 Å². The molecule has 5 nitrogen and oxygen atoms in total. The number of benzene rings is 1. The maximum Gasteiger partial charge on any atom is 0.344 e. The van der Waals surface area contributed by atoms with E-state index in [1.165, 1.54) is 5.56 Å². The van der Waals surface area contributed by atoms with Gasteiger partial charge >= 0.3 is 6.03 Å². The van der Waals surface area contributed by atoms with Gasteiger partial charge in [0.05, 0.1) is 0 Å². The molecular weight excluding hydrogens is 440 g/mol. The van der Waals surface area contributed by atoms with E-state index in [9.17, 15) is 4.79 Å². The van der Waals surface area contributed by atoms with E-state index in [0.29, 0.717) is 0 Å². The maximum atomic E-state index is 13.6. The Hall–Kier alpha value is -2.47. The van der Waals surface area contributed by atoms with Crippen molar-refractivity contribution >= 4 is 33.2 Å². The van der Waals surface area contributed by atoms with Crippen LogP contribution in [0.5, 0.6) is 0 Å². The Morgan fingerprint density at radius 2 is 1.97 bits per heavy atom. The number of allylic oxidation sites excluding steroid dienone is 1. The van der Waals surface area contributed by atoms with E-state index < -0.39 is 0 Å². The van der Waals surface area contributed by atoms with Gasteiger partial charge in [-0.2, -0.15) is 10.1 Å². The van der Waals surface area contributed by atoms with Crippen molar-refractivity contribution in [1.29, 1.82) is 0 Å². The van der Waals surface area contributed by atoms with Gasteiger partial charge in [-0.25, -0.2) is 9.78 Å². The first-order valence-electron chi connectivity index (χ1n) is 10.6. The van der Waals surface area contributed by atoms with Crippen molar-refractivity contribution in [2.45, 2.75) is 51.5 Å². The third kappa shape index (κ3) is 4.98. The van der Waals surface area contributed by atoms with Crippen LogP contribution >= 0.6 is 15.9 Å². The first kappa shape index (κ1) is 20.8. The Bertz CT molecular complexity index is 939. The van der Waals surface area contributed by atoms with Crippen molar-refractivity contribution in [1.82, 2.24) is 14.9 Å². The standard InChI is InChI=1S/C24H27BrN4O/c1-18-10-11-21(20-12-13-23(25)26-16-20)17-29(27-18)24(30)28-14-6-5-9-22(28)15-19-7-3-2-4-8-19/h2-4,7-8,12-13,16-17,22H,5-6,9-11,14-15H2,1H3. The molecule has 2 aromatic rings. The summed E-state index contributed by atoms with van der Waals surface area (Å²) in [5.74, 6) is 0. The lowest BCUT2D eigenvalue weighted by Crippen LogP contribution is -2.48. The molecule has 3 heterocycles. The number of likely N-dealkylation sites (tertiary alicyclic amines) is 1. The Morgan fingerprint density at radius 3 is 2.73 bits per heavy atom. The molecule has 30 heavy (non-hydrogen) atoms. The van der Waals surface area contributed by atoms with Crippen LogP contribution in [0, 0.1) is 0 Å². The van der Waals surface area contributed by atoms with Crippen LogP contribution in [0.3, 0.4) is 0 Å². The summed E-state index contributed by atoms with van der Waals surface area (Å²) < 4.78 is 0.804. The first-order chi connectivity index (χ1) is 14.6. The zero-order valence-electron chi connectivity index (χ0n) is 17.3. The monoisotopic (exact) mass is 466 g/mol. The number of urea groups is 1. The summed E-state index contributed by atoms with van der Waals surface area (Å²) in [6, 6.07) is 14.6. The second-order valence-electron chi connectivity index (χ2n) is 8.02. The van der Waals surface area contributed by atoms with Gasteiger partial charge in [0.25, 0.3) is 0 Å². The third-order valence-electron chi connectivity index (χ3n) is 5.79. The molecule has 1 aromatic heterocycles. The molecule has 0 radical (unpaired) electrons. The SMILES string of the molecule is CC1=NN(C(=O)N2CCCCC2Cc2ccccc2)C=C(c2ccc(Br)nc2)CC1. The number of halogens is 1. The van der Waals surface area contributed by atoms with Crippen molar-refractivity contribution in [3.63, 3.8) is 0 Å². The van der Waals surface area contributed by atoms with Gasteiger partial charge in [-0.3, -0.25) is 0 Å². The average Bonchev–Trinajstić information content (AvgIpc) is 2.97. The van der Waals surface area contributed by atoms with Crippen molar-refractivity contribution in [2.75, 3.05) is 6.54 Å². The highest BCUT2D eigenvalue weighted by Crippen LogP contribution is 2.27. The fourth-order valence-corrected chi connectivity index (χ4v) is 4.39. The van der Waals surface area contributed by atoms with Crippen molar-refractivity contribution in [3.8, 4) is 0 Å². The molecule has 0 N–H and O–H groups in total. The van der Waals surface area contributed by atoms with Gasteiger partial charge in [0.1, 0.15) is 4.60 Å². The second kappa shape index (κ2) is 9.56. The van der Waals surface area contributed by atoms with Crippen LogP contribution < -0.4 is 0 Å². The lowest BCUT2D eigenvalue weighted by Gasteiger charge is -2.37.